The normalized spacial score (nSPS) is 10.1. The zero-order valence-corrected chi connectivity index (χ0v) is 12.4. The maximum Gasteiger partial charge on any atom is 0.166 e. The molecule has 0 unspecified atom stereocenters. The number of rotatable bonds is 7. The predicted molar refractivity (Wildman–Crippen MR) is 82.5 cm³/mol. The summed E-state index contributed by atoms with van der Waals surface area (Å²) < 4.78 is 0. The number of aliphatic hydroxyl groups excluding tert-OH is 1. The van der Waals surface area contributed by atoms with E-state index in [2.05, 4.69) is 10.6 Å². The van der Waals surface area contributed by atoms with Gasteiger partial charge in [-0.2, -0.15) is 0 Å². The molecule has 0 aliphatic heterocycles. The number of thiocarbonyl (C=S) groups is 1. The van der Waals surface area contributed by atoms with E-state index in [1.807, 2.05) is 24.3 Å². The van der Waals surface area contributed by atoms with Gasteiger partial charge in [0.25, 0.3) is 0 Å². The lowest BCUT2D eigenvalue weighted by atomic mass is 10.4. The molecule has 0 spiro atoms. The van der Waals surface area contributed by atoms with Gasteiger partial charge in [-0.3, -0.25) is 0 Å². The first-order valence-electron chi connectivity index (χ1n) is 5.73. The van der Waals surface area contributed by atoms with Crippen LogP contribution in [0.3, 0.4) is 0 Å². The van der Waals surface area contributed by atoms with E-state index in [0.29, 0.717) is 18.1 Å². The molecule has 100 valence electrons. The minimum Gasteiger partial charge on any atom is -0.396 e. The molecule has 0 radical (unpaired) electrons. The van der Waals surface area contributed by atoms with Gasteiger partial charge in [0.1, 0.15) is 0 Å². The van der Waals surface area contributed by atoms with Gasteiger partial charge in [0.2, 0.25) is 0 Å². The van der Waals surface area contributed by atoms with Gasteiger partial charge >= 0.3 is 0 Å². The number of nitrogens with one attached hydrogen (secondary N) is 2. The summed E-state index contributed by atoms with van der Waals surface area (Å²) in [5.74, 6) is 0.934. The highest BCUT2D eigenvalue weighted by atomic mass is 35.5. The number of hydrogen-bond donors (Lipinski definition) is 3. The van der Waals surface area contributed by atoms with Crippen molar-refractivity contribution in [2.75, 3.05) is 25.4 Å². The first kappa shape index (κ1) is 15.6. The van der Waals surface area contributed by atoms with E-state index >= 15 is 0 Å². The van der Waals surface area contributed by atoms with E-state index in [4.69, 9.17) is 28.9 Å². The smallest absolute Gasteiger partial charge is 0.166 e. The molecule has 6 heteroatoms. The van der Waals surface area contributed by atoms with Crippen LogP contribution in [0.2, 0.25) is 5.02 Å². The Labute approximate surface area is 122 Å². The Kier molecular flexibility index (Phi) is 8.17. The molecular weight excluding hydrogens is 288 g/mol. The summed E-state index contributed by atoms with van der Waals surface area (Å²) in [5, 5.41) is 16.2. The van der Waals surface area contributed by atoms with Crippen LogP contribution in [0.15, 0.2) is 29.2 Å². The molecule has 1 aromatic rings. The molecule has 0 atom stereocenters. The molecule has 18 heavy (non-hydrogen) atoms. The maximum atomic E-state index is 8.62. The van der Waals surface area contributed by atoms with Crippen LogP contribution in [-0.4, -0.2) is 35.7 Å². The third-order valence-corrected chi connectivity index (χ3v) is 3.64. The van der Waals surface area contributed by atoms with Gasteiger partial charge in [0.05, 0.1) is 0 Å². The van der Waals surface area contributed by atoms with Crippen molar-refractivity contribution < 1.29 is 5.11 Å². The van der Waals surface area contributed by atoms with Crippen LogP contribution in [0.1, 0.15) is 6.42 Å². The zero-order valence-electron chi connectivity index (χ0n) is 9.99. The van der Waals surface area contributed by atoms with Crippen LogP contribution in [-0.2, 0) is 0 Å². The van der Waals surface area contributed by atoms with Gasteiger partial charge in [0.15, 0.2) is 5.11 Å². The second kappa shape index (κ2) is 9.44. The van der Waals surface area contributed by atoms with Crippen LogP contribution in [0.25, 0.3) is 0 Å². The van der Waals surface area contributed by atoms with Crippen molar-refractivity contribution in [3.63, 3.8) is 0 Å². The molecule has 0 aliphatic rings. The molecule has 0 aliphatic carbocycles. The van der Waals surface area contributed by atoms with Gasteiger partial charge in [-0.15, -0.1) is 11.8 Å². The van der Waals surface area contributed by atoms with E-state index in [-0.39, 0.29) is 6.61 Å². The van der Waals surface area contributed by atoms with Crippen molar-refractivity contribution in [2.24, 2.45) is 0 Å². The third-order valence-electron chi connectivity index (χ3n) is 2.09. The molecule has 0 saturated carbocycles. The number of aliphatic hydroxyl groups is 1. The lowest BCUT2D eigenvalue weighted by Crippen LogP contribution is -2.37. The summed E-state index contributed by atoms with van der Waals surface area (Å²) >= 11 is 12.6. The van der Waals surface area contributed by atoms with Crippen molar-refractivity contribution in [1.29, 1.82) is 0 Å². The first-order chi connectivity index (χ1) is 8.72. The SMILES string of the molecule is OCCCNC(=S)NCCSc1ccc(Cl)cc1. The average molecular weight is 305 g/mol. The van der Waals surface area contributed by atoms with Gasteiger partial charge < -0.3 is 15.7 Å². The molecule has 0 heterocycles. The summed E-state index contributed by atoms with van der Waals surface area (Å²) in [6.45, 7) is 1.69. The average Bonchev–Trinajstić information content (AvgIpc) is 2.37. The number of benzene rings is 1. The quantitative estimate of drug-likeness (QED) is 0.410. The largest absolute Gasteiger partial charge is 0.396 e. The Morgan fingerprint density at radius 2 is 1.89 bits per heavy atom. The maximum absolute atomic E-state index is 8.62. The summed E-state index contributed by atoms with van der Waals surface area (Å²) in [5.41, 5.74) is 0. The van der Waals surface area contributed by atoms with Crippen molar-refractivity contribution in [3.8, 4) is 0 Å². The van der Waals surface area contributed by atoms with Gasteiger partial charge in [0, 0.05) is 35.4 Å². The second-order valence-corrected chi connectivity index (χ2v) is 5.58. The van der Waals surface area contributed by atoms with Crippen LogP contribution >= 0.6 is 35.6 Å². The van der Waals surface area contributed by atoms with E-state index < -0.39 is 0 Å². The Morgan fingerprint density at radius 1 is 1.22 bits per heavy atom. The molecular formula is C12H17ClN2OS2. The standard InChI is InChI=1S/C12H17ClN2OS2/c13-10-2-4-11(5-3-10)18-9-7-15-12(17)14-6-1-8-16/h2-5,16H,1,6-9H2,(H2,14,15,17). The molecule has 0 amide bonds. The highest BCUT2D eigenvalue weighted by molar-refractivity contribution is 7.99. The summed E-state index contributed by atoms with van der Waals surface area (Å²) in [4.78, 5) is 1.19. The minimum absolute atomic E-state index is 0.183. The van der Waals surface area contributed by atoms with Crippen molar-refractivity contribution in [3.05, 3.63) is 29.3 Å². The Morgan fingerprint density at radius 3 is 2.56 bits per heavy atom. The summed E-state index contributed by atoms with van der Waals surface area (Å²) in [7, 11) is 0. The Bertz CT molecular complexity index is 360. The molecule has 3 nitrogen and oxygen atoms in total. The van der Waals surface area contributed by atoms with Crippen LogP contribution < -0.4 is 10.6 Å². The van der Waals surface area contributed by atoms with Crippen LogP contribution in [0.4, 0.5) is 0 Å². The second-order valence-electron chi connectivity index (χ2n) is 3.56. The Balaban J connectivity index is 2.07. The number of hydrogen-bond acceptors (Lipinski definition) is 3. The minimum atomic E-state index is 0.183. The topological polar surface area (TPSA) is 44.3 Å². The van der Waals surface area contributed by atoms with Crippen molar-refractivity contribution in [1.82, 2.24) is 10.6 Å². The molecule has 1 rings (SSSR count). The van der Waals surface area contributed by atoms with Crippen molar-refractivity contribution >= 4 is 40.7 Å². The monoisotopic (exact) mass is 304 g/mol. The summed E-state index contributed by atoms with van der Waals surface area (Å²) in [6.07, 6.45) is 0.710. The van der Waals surface area contributed by atoms with E-state index in [9.17, 15) is 0 Å². The molecule has 0 fully saturated rings. The lowest BCUT2D eigenvalue weighted by molar-refractivity contribution is 0.289. The predicted octanol–water partition coefficient (Wildman–Crippen LogP) is 2.28. The first-order valence-corrected chi connectivity index (χ1v) is 7.50. The van der Waals surface area contributed by atoms with Crippen LogP contribution in [0, 0.1) is 0 Å². The molecule has 3 N–H and O–H groups in total. The van der Waals surface area contributed by atoms with Crippen LogP contribution in [0.5, 0.6) is 0 Å². The molecule has 1 aromatic carbocycles. The zero-order chi connectivity index (χ0) is 13.2. The van der Waals surface area contributed by atoms with E-state index in [1.54, 1.807) is 11.8 Å². The summed E-state index contributed by atoms with van der Waals surface area (Å²) in [6, 6.07) is 7.78. The fourth-order valence-electron chi connectivity index (χ4n) is 1.21. The third kappa shape index (κ3) is 7.06. The van der Waals surface area contributed by atoms with Crippen molar-refractivity contribution in [2.45, 2.75) is 11.3 Å². The van der Waals surface area contributed by atoms with E-state index in [1.165, 1.54) is 4.90 Å². The lowest BCUT2D eigenvalue weighted by Gasteiger charge is -2.09. The fraction of sp³-hybridized carbons (Fsp3) is 0.417. The van der Waals surface area contributed by atoms with Gasteiger partial charge in [-0.1, -0.05) is 11.6 Å². The molecule has 0 aromatic heterocycles. The fourth-order valence-corrected chi connectivity index (χ4v) is 2.31. The number of halogens is 1. The highest BCUT2D eigenvalue weighted by Gasteiger charge is 1.96. The Hall–Kier alpha value is -0.490. The van der Waals surface area contributed by atoms with E-state index in [0.717, 1.165) is 17.3 Å². The number of thioether (sulfide) groups is 1. The molecule has 0 saturated heterocycles. The van der Waals surface area contributed by atoms with Gasteiger partial charge in [-0.05, 0) is 42.9 Å². The molecule has 0 bridgehead atoms. The highest BCUT2D eigenvalue weighted by Crippen LogP contribution is 2.19. The van der Waals surface area contributed by atoms with Gasteiger partial charge in [-0.25, -0.2) is 0 Å².